The summed E-state index contributed by atoms with van der Waals surface area (Å²) in [6.45, 7) is 2.69. The minimum Gasteiger partial charge on any atom is -0.481 e. The number of amides is 2. The number of piperidine rings is 1. The van der Waals surface area contributed by atoms with E-state index in [9.17, 15) is 9.59 Å². The summed E-state index contributed by atoms with van der Waals surface area (Å²) in [4.78, 5) is 29.3. The SMILES string of the molecule is Cc1ccc(-c2ncco2)cc1NC(=O)N1CCCC(C(=O)O)C1. The monoisotopic (exact) mass is 329 g/mol. The molecule has 2 N–H and O–H groups in total. The van der Waals surface area contributed by atoms with Crippen molar-refractivity contribution in [3.63, 3.8) is 0 Å². The van der Waals surface area contributed by atoms with Crippen LogP contribution >= 0.6 is 0 Å². The van der Waals surface area contributed by atoms with E-state index in [1.165, 1.54) is 6.26 Å². The van der Waals surface area contributed by atoms with Gasteiger partial charge in [-0.3, -0.25) is 4.79 Å². The number of aromatic nitrogens is 1. The number of aliphatic carboxylic acids is 1. The second-order valence-electron chi connectivity index (χ2n) is 5.92. The number of oxazole rings is 1. The maximum atomic E-state index is 12.5. The van der Waals surface area contributed by atoms with Crippen LogP contribution in [0.3, 0.4) is 0 Å². The number of hydrogen-bond acceptors (Lipinski definition) is 4. The van der Waals surface area contributed by atoms with Crippen molar-refractivity contribution in [3.05, 3.63) is 36.2 Å². The van der Waals surface area contributed by atoms with E-state index in [0.29, 0.717) is 31.0 Å². The molecule has 3 rings (SSSR count). The number of urea groups is 1. The van der Waals surface area contributed by atoms with Crippen molar-refractivity contribution < 1.29 is 19.1 Å². The quantitative estimate of drug-likeness (QED) is 0.902. The van der Waals surface area contributed by atoms with Crippen molar-refractivity contribution in [2.24, 2.45) is 5.92 Å². The predicted octanol–water partition coefficient (Wildman–Crippen LogP) is 2.98. The van der Waals surface area contributed by atoms with Crippen molar-refractivity contribution >= 4 is 17.7 Å². The zero-order chi connectivity index (χ0) is 17.1. The zero-order valence-electron chi connectivity index (χ0n) is 13.4. The van der Waals surface area contributed by atoms with Crippen molar-refractivity contribution in [2.45, 2.75) is 19.8 Å². The van der Waals surface area contributed by atoms with Gasteiger partial charge in [0.15, 0.2) is 0 Å². The van der Waals surface area contributed by atoms with Gasteiger partial charge in [-0.25, -0.2) is 9.78 Å². The molecule has 0 radical (unpaired) electrons. The summed E-state index contributed by atoms with van der Waals surface area (Å²) in [5.41, 5.74) is 2.33. The van der Waals surface area contributed by atoms with Crippen LogP contribution in [0.15, 0.2) is 35.1 Å². The number of carbonyl (C=O) groups excluding carboxylic acids is 1. The van der Waals surface area contributed by atoms with Crippen LogP contribution in [0.1, 0.15) is 18.4 Å². The Hall–Kier alpha value is -2.83. The molecule has 0 aliphatic carbocycles. The normalized spacial score (nSPS) is 17.5. The molecule has 0 spiro atoms. The largest absolute Gasteiger partial charge is 0.481 e. The molecule has 1 atom stereocenters. The van der Waals surface area contributed by atoms with Crippen LogP contribution in [0.2, 0.25) is 0 Å². The Morgan fingerprint density at radius 2 is 2.25 bits per heavy atom. The number of carbonyl (C=O) groups is 2. The highest BCUT2D eigenvalue weighted by Crippen LogP contribution is 2.25. The fraction of sp³-hybridized carbons (Fsp3) is 0.353. The summed E-state index contributed by atoms with van der Waals surface area (Å²) in [5.74, 6) is -0.867. The number of rotatable bonds is 3. The van der Waals surface area contributed by atoms with Gasteiger partial charge in [-0.2, -0.15) is 0 Å². The number of benzene rings is 1. The molecule has 1 saturated heterocycles. The highest BCUT2D eigenvalue weighted by Gasteiger charge is 2.28. The average Bonchev–Trinajstić information content (AvgIpc) is 3.11. The molecular formula is C17H19N3O4. The molecule has 7 nitrogen and oxygen atoms in total. The van der Waals surface area contributed by atoms with Crippen molar-refractivity contribution in [1.82, 2.24) is 9.88 Å². The summed E-state index contributed by atoms with van der Waals surface area (Å²) in [7, 11) is 0. The highest BCUT2D eigenvalue weighted by atomic mass is 16.4. The van der Waals surface area contributed by atoms with Crippen LogP contribution in [-0.4, -0.2) is 40.1 Å². The van der Waals surface area contributed by atoms with Gasteiger partial charge in [-0.1, -0.05) is 6.07 Å². The van der Waals surface area contributed by atoms with E-state index in [4.69, 9.17) is 9.52 Å². The Morgan fingerprint density at radius 1 is 1.42 bits per heavy atom. The van der Waals surface area contributed by atoms with Gasteiger partial charge in [0.1, 0.15) is 6.26 Å². The van der Waals surface area contributed by atoms with E-state index in [1.807, 2.05) is 19.1 Å². The molecular weight excluding hydrogens is 310 g/mol. The van der Waals surface area contributed by atoms with Gasteiger partial charge in [-0.15, -0.1) is 0 Å². The molecule has 24 heavy (non-hydrogen) atoms. The Kier molecular flexibility index (Phi) is 4.50. The lowest BCUT2D eigenvalue weighted by Crippen LogP contribution is -2.44. The molecule has 0 bridgehead atoms. The lowest BCUT2D eigenvalue weighted by molar-refractivity contribution is -0.143. The Labute approximate surface area is 139 Å². The number of carboxylic acids is 1. The molecule has 2 aromatic rings. The molecule has 7 heteroatoms. The van der Waals surface area contributed by atoms with E-state index in [1.54, 1.807) is 17.2 Å². The number of likely N-dealkylation sites (tertiary alicyclic amines) is 1. The zero-order valence-corrected chi connectivity index (χ0v) is 13.4. The van der Waals surface area contributed by atoms with Crippen LogP contribution in [0, 0.1) is 12.8 Å². The van der Waals surface area contributed by atoms with Gasteiger partial charge in [0.05, 0.1) is 12.1 Å². The van der Waals surface area contributed by atoms with Gasteiger partial charge in [0.2, 0.25) is 5.89 Å². The first-order valence-electron chi connectivity index (χ1n) is 7.84. The maximum Gasteiger partial charge on any atom is 0.321 e. The number of nitrogens with zero attached hydrogens (tertiary/aromatic N) is 2. The van der Waals surface area contributed by atoms with Crippen molar-refractivity contribution in [1.29, 1.82) is 0 Å². The Balaban J connectivity index is 1.74. The Bertz CT molecular complexity index is 742. The van der Waals surface area contributed by atoms with Crippen molar-refractivity contribution in [3.8, 4) is 11.5 Å². The van der Waals surface area contributed by atoms with Gasteiger partial charge in [0, 0.05) is 24.3 Å². The molecule has 2 amide bonds. The smallest absolute Gasteiger partial charge is 0.321 e. The third kappa shape index (κ3) is 3.40. The van der Waals surface area contributed by atoms with E-state index in [-0.39, 0.29) is 12.6 Å². The van der Waals surface area contributed by atoms with E-state index in [2.05, 4.69) is 10.3 Å². The fourth-order valence-electron chi connectivity index (χ4n) is 2.81. The van der Waals surface area contributed by atoms with Crippen molar-refractivity contribution in [2.75, 3.05) is 18.4 Å². The summed E-state index contributed by atoms with van der Waals surface area (Å²) in [6.07, 6.45) is 4.36. The third-order valence-electron chi connectivity index (χ3n) is 4.22. The topological polar surface area (TPSA) is 95.7 Å². The molecule has 1 aliphatic heterocycles. The number of aryl methyl sites for hydroxylation is 1. The van der Waals surface area contributed by atoms with E-state index < -0.39 is 11.9 Å². The van der Waals surface area contributed by atoms with Crippen LogP contribution < -0.4 is 5.32 Å². The van der Waals surface area contributed by atoms with Gasteiger partial charge in [0.25, 0.3) is 0 Å². The number of carboxylic acid groups (broad SMARTS) is 1. The van der Waals surface area contributed by atoms with Crippen LogP contribution in [0.25, 0.3) is 11.5 Å². The van der Waals surface area contributed by atoms with Crippen LogP contribution in [0.5, 0.6) is 0 Å². The van der Waals surface area contributed by atoms with Gasteiger partial charge in [-0.05, 0) is 37.5 Å². The van der Waals surface area contributed by atoms with Gasteiger partial charge < -0.3 is 19.7 Å². The number of anilines is 1. The fourth-order valence-corrected chi connectivity index (χ4v) is 2.81. The lowest BCUT2D eigenvalue weighted by atomic mass is 9.99. The minimum atomic E-state index is -0.852. The van der Waals surface area contributed by atoms with E-state index in [0.717, 1.165) is 11.1 Å². The number of hydrogen-bond donors (Lipinski definition) is 2. The molecule has 0 saturated carbocycles. The van der Waals surface area contributed by atoms with Crippen LogP contribution in [0.4, 0.5) is 10.5 Å². The highest BCUT2D eigenvalue weighted by molar-refractivity contribution is 5.91. The standard InChI is InChI=1S/C17H19N3O4/c1-11-4-5-12(15-18-6-8-24-15)9-14(11)19-17(23)20-7-2-3-13(10-20)16(21)22/h4-6,8-9,13H,2-3,7,10H2,1H3,(H,19,23)(H,21,22). The molecule has 1 aromatic carbocycles. The second kappa shape index (κ2) is 6.74. The molecule has 1 aliphatic rings. The Morgan fingerprint density at radius 3 is 2.96 bits per heavy atom. The first-order chi connectivity index (χ1) is 11.5. The first kappa shape index (κ1) is 16.0. The van der Waals surface area contributed by atoms with E-state index >= 15 is 0 Å². The lowest BCUT2D eigenvalue weighted by Gasteiger charge is -2.30. The molecule has 2 heterocycles. The molecule has 1 fully saturated rings. The average molecular weight is 329 g/mol. The number of nitrogens with one attached hydrogen (secondary N) is 1. The molecule has 1 unspecified atom stereocenters. The first-order valence-corrected chi connectivity index (χ1v) is 7.84. The second-order valence-corrected chi connectivity index (χ2v) is 5.92. The minimum absolute atomic E-state index is 0.236. The summed E-state index contributed by atoms with van der Waals surface area (Å²) >= 11 is 0. The summed E-state index contributed by atoms with van der Waals surface area (Å²) in [6, 6.07) is 5.27. The summed E-state index contributed by atoms with van der Waals surface area (Å²) in [5, 5.41) is 12.0. The predicted molar refractivity (Wildman–Crippen MR) is 87.6 cm³/mol. The molecule has 126 valence electrons. The third-order valence-corrected chi connectivity index (χ3v) is 4.22. The van der Waals surface area contributed by atoms with Gasteiger partial charge >= 0.3 is 12.0 Å². The maximum absolute atomic E-state index is 12.5. The van der Waals surface area contributed by atoms with Crippen LogP contribution in [-0.2, 0) is 4.79 Å². The molecule has 1 aromatic heterocycles. The summed E-state index contributed by atoms with van der Waals surface area (Å²) < 4.78 is 5.28.